The molecule has 2 aliphatic rings. The van der Waals surface area contributed by atoms with Gasteiger partial charge in [-0.1, -0.05) is 23.7 Å². The molecule has 0 aromatic heterocycles. The highest BCUT2D eigenvalue weighted by molar-refractivity contribution is 6.30. The molecule has 2 fully saturated rings. The third-order valence-electron chi connectivity index (χ3n) is 5.42. The number of alkyl halides is 1. The van der Waals surface area contributed by atoms with Gasteiger partial charge in [-0.25, -0.2) is 13.6 Å². The number of halogens is 3. The number of nitrogens with zero attached hydrogens (tertiary/aromatic N) is 2. The van der Waals surface area contributed by atoms with Crippen LogP contribution in [0.4, 0.5) is 13.6 Å². The number of carbonyl (C=O) groups excluding carboxylic acids is 2. The second-order valence-electron chi connectivity index (χ2n) is 9.30. The molecule has 7 nitrogen and oxygen atoms in total. The van der Waals surface area contributed by atoms with Crippen LogP contribution in [0, 0.1) is 5.82 Å². The van der Waals surface area contributed by atoms with E-state index in [0.717, 1.165) is 4.90 Å². The second-order valence-corrected chi connectivity index (χ2v) is 9.71. The van der Waals surface area contributed by atoms with Gasteiger partial charge in [0.2, 0.25) is 5.91 Å². The zero-order chi connectivity index (χ0) is 23.5. The molecule has 178 valence electrons. The predicted molar refractivity (Wildman–Crippen MR) is 116 cm³/mol. The molecule has 1 aromatic rings. The minimum atomic E-state index is -1.78. The van der Waals surface area contributed by atoms with Crippen molar-refractivity contribution < 1.29 is 27.8 Å². The highest BCUT2D eigenvalue weighted by atomic mass is 35.5. The Balaban J connectivity index is 1.73. The number of morpholine rings is 1. The normalized spacial score (nSPS) is 24.4. The molecule has 1 aromatic carbocycles. The van der Waals surface area contributed by atoms with Crippen LogP contribution in [0.25, 0.3) is 0 Å². The molecule has 0 aliphatic carbocycles. The van der Waals surface area contributed by atoms with Crippen LogP contribution in [0.15, 0.2) is 18.2 Å². The molecule has 2 atom stereocenters. The van der Waals surface area contributed by atoms with E-state index < -0.39 is 35.1 Å². The van der Waals surface area contributed by atoms with Crippen LogP contribution in [-0.4, -0.2) is 78.5 Å². The number of carbonyl (C=O) groups is 2. The predicted octanol–water partition coefficient (Wildman–Crippen LogP) is 3.15. The van der Waals surface area contributed by atoms with Gasteiger partial charge < -0.3 is 14.8 Å². The third-order valence-corrected chi connectivity index (χ3v) is 5.71. The van der Waals surface area contributed by atoms with Crippen molar-refractivity contribution in [2.75, 3.05) is 39.4 Å². The topological polar surface area (TPSA) is 71.1 Å². The Morgan fingerprint density at radius 1 is 1.31 bits per heavy atom. The number of nitrogens with one attached hydrogen (secondary N) is 1. The van der Waals surface area contributed by atoms with Gasteiger partial charge in [0.25, 0.3) is 0 Å². The quantitative estimate of drug-likeness (QED) is 0.711. The lowest BCUT2D eigenvalue weighted by Crippen LogP contribution is -2.48. The Morgan fingerprint density at radius 3 is 2.66 bits per heavy atom. The van der Waals surface area contributed by atoms with Gasteiger partial charge in [-0.15, -0.1) is 0 Å². The first kappa shape index (κ1) is 24.7. The highest BCUT2D eigenvalue weighted by Gasteiger charge is 2.51. The van der Waals surface area contributed by atoms with Crippen molar-refractivity contribution in [1.82, 2.24) is 15.1 Å². The van der Waals surface area contributed by atoms with Crippen molar-refractivity contribution in [2.24, 2.45) is 0 Å². The van der Waals surface area contributed by atoms with Crippen molar-refractivity contribution in [3.05, 3.63) is 34.6 Å². The molecule has 2 unspecified atom stereocenters. The van der Waals surface area contributed by atoms with E-state index in [1.165, 1.54) is 12.1 Å². The zero-order valence-electron chi connectivity index (χ0n) is 18.6. The van der Waals surface area contributed by atoms with Gasteiger partial charge in [0.1, 0.15) is 23.1 Å². The first-order valence-corrected chi connectivity index (χ1v) is 11.0. The summed E-state index contributed by atoms with van der Waals surface area (Å²) >= 11 is 5.79. The van der Waals surface area contributed by atoms with E-state index in [-0.39, 0.29) is 36.6 Å². The van der Waals surface area contributed by atoms with Crippen LogP contribution in [0.1, 0.15) is 32.8 Å². The van der Waals surface area contributed by atoms with Crippen molar-refractivity contribution in [3.63, 3.8) is 0 Å². The lowest BCUT2D eigenvalue weighted by atomic mass is 10.0. The Hall–Kier alpha value is -1.97. The molecule has 2 saturated heterocycles. The van der Waals surface area contributed by atoms with Crippen LogP contribution in [-0.2, 0) is 20.8 Å². The fourth-order valence-corrected chi connectivity index (χ4v) is 4.14. The summed E-state index contributed by atoms with van der Waals surface area (Å²) in [4.78, 5) is 28.8. The maximum Gasteiger partial charge on any atom is 0.411 e. The van der Waals surface area contributed by atoms with E-state index in [0.29, 0.717) is 26.3 Å². The Morgan fingerprint density at radius 2 is 2.00 bits per heavy atom. The first-order valence-electron chi connectivity index (χ1n) is 10.7. The van der Waals surface area contributed by atoms with Crippen LogP contribution >= 0.6 is 11.6 Å². The summed E-state index contributed by atoms with van der Waals surface area (Å²) in [5, 5.41) is 2.56. The summed E-state index contributed by atoms with van der Waals surface area (Å²) in [6, 6.07) is 3.41. The molecule has 2 aliphatic heterocycles. The van der Waals surface area contributed by atoms with Gasteiger partial charge >= 0.3 is 6.09 Å². The number of amides is 2. The van der Waals surface area contributed by atoms with E-state index in [1.807, 2.05) is 4.90 Å². The molecular weight excluding hydrogens is 444 g/mol. The summed E-state index contributed by atoms with van der Waals surface area (Å²) in [5.41, 5.74) is -2.38. The second kappa shape index (κ2) is 9.89. The molecule has 1 N–H and O–H groups in total. The van der Waals surface area contributed by atoms with Crippen LogP contribution in [0.2, 0.25) is 5.02 Å². The molecule has 0 bridgehead atoms. The summed E-state index contributed by atoms with van der Waals surface area (Å²) in [7, 11) is 0. The fourth-order valence-electron chi connectivity index (χ4n) is 3.94. The van der Waals surface area contributed by atoms with E-state index in [9.17, 15) is 14.0 Å². The van der Waals surface area contributed by atoms with Crippen LogP contribution < -0.4 is 5.32 Å². The zero-order valence-corrected chi connectivity index (χ0v) is 19.4. The van der Waals surface area contributed by atoms with E-state index in [2.05, 4.69) is 5.32 Å². The third kappa shape index (κ3) is 6.30. The molecule has 10 heteroatoms. The number of hydrogen-bond donors (Lipinski definition) is 1. The fraction of sp³-hybridized carbons (Fsp3) is 0.636. The van der Waals surface area contributed by atoms with Crippen LogP contribution in [0.3, 0.4) is 0 Å². The number of benzene rings is 1. The van der Waals surface area contributed by atoms with Gasteiger partial charge in [-0.3, -0.25) is 14.6 Å². The standard InChI is InChI=1S/C22H30ClF2N3O4/c1-21(2,3)32-20(30)28-14-22(25,13-27-7-9-31-10-8-27)11-17(28)19(29)26-12-15-5-4-6-16(23)18(15)24/h4-6,17H,7-14H2,1-3H3,(H,26,29). The first-order chi connectivity index (χ1) is 15.0. The summed E-state index contributed by atoms with van der Waals surface area (Å²) in [6.07, 6.45) is -0.930. The number of rotatable bonds is 5. The maximum absolute atomic E-state index is 15.8. The molecule has 3 rings (SSSR count). The van der Waals surface area contributed by atoms with Crippen molar-refractivity contribution in [1.29, 1.82) is 0 Å². The molecular formula is C22H30ClF2N3O4. The van der Waals surface area contributed by atoms with E-state index in [4.69, 9.17) is 21.1 Å². The van der Waals surface area contributed by atoms with Crippen molar-refractivity contribution in [2.45, 2.75) is 51.0 Å². The van der Waals surface area contributed by atoms with Crippen molar-refractivity contribution >= 4 is 23.6 Å². The largest absolute Gasteiger partial charge is 0.444 e. The minimum absolute atomic E-state index is 0.0544. The van der Waals surface area contributed by atoms with E-state index in [1.54, 1.807) is 26.8 Å². The smallest absolute Gasteiger partial charge is 0.411 e. The molecule has 0 saturated carbocycles. The van der Waals surface area contributed by atoms with Gasteiger partial charge in [0.05, 0.1) is 24.8 Å². The Kier molecular flexibility index (Phi) is 7.62. The van der Waals surface area contributed by atoms with Crippen LogP contribution in [0.5, 0.6) is 0 Å². The van der Waals surface area contributed by atoms with Crippen molar-refractivity contribution in [3.8, 4) is 0 Å². The summed E-state index contributed by atoms with van der Waals surface area (Å²) < 4.78 is 40.7. The SMILES string of the molecule is CC(C)(C)OC(=O)N1CC(F)(CN2CCOCC2)CC1C(=O)NCc1cccc(Cl)c1F. The number of ether oxygens (including phenoxy) is 2. The summed E-state index contributed by atoms with van der Waals surface area (Å²) in [5.74, 6) is -1.20. The highest BCUT2D eigenvalue weighted by Crippen LogP contribution is 2.33. The Labute approximate surface area is 192 Å². The molecule has 2 heterocycles. The van der Waals surface area contributed by atoms with Gasteiger partial charge in [-0.05, 0) is 26.8 Å². The van der Waals surface area contributed by atoms with Gasteiger partial charge in [0, 0.05) is 38.2 Å². The Bertz CT molecular complexity index is 845. The van der Waals surface area contributed by atoms with E-state index >= 15 is 4.39 Å². The lowest BCUT2D eigenvalue weighted by molar-refractivity contribution is -0.125. The van der Waals surface area contributed by atoms with Gasteiger partial charge in [0.15, 0.2) is 0 Å². The number of hydrogen-bond acceptors (Lipinski definition) is 5. The molecule has 32 heavy (non-hydrogen) atoms. The molecule has 2 amide bonds. The van der Waals surface area contributed by atoms with Gasteiger partial charge in [-0.2, -0.15) is 0 Å². The average Bonchev–Trinajstić information content (AvgIpc) is 3.06. The lowest BCUT2D eigenvalue weighted by Gasteiger charge is -2.32. The molecule has 0 spiro atoms. The molecule has 0 radical (unpaired) electrons. The minimum Gasteiger partial charge on any atom is -0.444 e. The monoisotopic (exact) mass is 473 g/mol. The average molecular weight is 474 g/mol. The number of likely N-dealkylation sites (tertiary alicyclic amines) is 1. The maximum atomic E-state index is 15.8. The summed E-state index contributed by atoms with van der Waals surface area (Å²) in [6.45, 7) is 7.00.